The van der Waals surface area contributed by atoms with Crippen molar-refractivity contribution in [3.05, 3.63) is 50.4 Å². The van der Waals surface area contributed by atoms with E-state index in [1.54, 1.807) is 19.1 Å². The molecule has 0 atom stereocenters. The number of nitrogen functional groups attached to an aromatic ring is 1. The number of halogens is 3. The first-order chi connectivity index (χ1) is 9.72. The fraction of sp³-hybridized carbons (Fsp3) is 0.0769. The Morgan fingerprint density at radius 3 is 2.52 bits per heavy atom. The highest BCUT2D eigenvalue weighted by Gasteiger charge is 2.21. The molecule has 0 unspecified atom stereocenters. The normalized spacial score (nSPS) is 11.4. The molecule has 0 saturated carbocycles. The molecule has 0 radical (unpaired) electrons. The number of anilines is 2. The third kappa shape index (κ3) is 3.45. The van der Waals surface area contributed by atoms with E-state index in [1.807, 2.05) is 6.07 Å². The van der Waals surface area contributed by atoms with Gasteiger partial charge in [0.15, 0.2) is 0 Å². The van der Waals surface area contributed by atoms with Crippen LogP contribution >= 0.6 is 39.1 Å². The predicted octanol–water partition coefficient (Wildman–Crippen LogP) is 4.45. The van der Waals surface area contributed by atoms with Crippen molar-refractivity contribution in [1.82, 2.24) is 0 Å². The van der Waals surface area contributed by atoms with Gasteiger partial charge in [0, 0.05) is 4.47 Å². The topological polar surface area (TPSA) is 72.2 Å². The summed E-state index contributed by atoms with van der Waals surface area (Å²) in [5, 5.41) is 0.111. The van der Waals surface area contributed by atoms with Crippen LogP contribution in [0.4, 0.5) is 11.4 Å². The Kier molecular flexibility index (Phi) is 4.72. The molecule has 112 valence electrons. The molecule has 2 aromatic rings. The molecular formula is C13H11BrCl2N2O2S. The molecule has 0 amide bonds. The molecule has 4 nitrogen and oxygen atoms in total. The quantitative estimate of drug-likeness (QED) is 0.735. The molecule has 2 rings (SSSR count). The maximum Gasteiger partial charge on any atom is 0.263 e. The fourth-order valence-corrected chi connectivity index (χ4v) is 3.91. The number of aryl methyl sites for hydroxylation is 1. The van der Waals surface area contributed by atoms with Gasteiger partial charge in [-0.1, -0.05) is 45.2 Å². The first-order valence-corrected chi connectivity index (χ1v) is 8.78. The van der Waals surface area contributed by atoms with E-state index in [4.69, 9.17) is 28.9 Å². The van der Waals surface area contributed by atoms with Crippen molar-refractivity contribution >= 4 is 60.5 Å². The standard InChI is InChI=1S/C13H11BrCl2N2O2S/c1-7-2-3-8(14)6-10(7)18-21(19,20)11-5-4-9(15)13(17)12(11)16/h2-6,18H,17H2,1H3. The van der Waals surface area contributed by atoms with Crippen molar-refractivity contribution < 1.29 is 8.42 Å². The minimum atomic E-state index is -3.86. The van der Waals surface area contributed by atoms with Crippen LogP contribution in [-0.4, -0.2) is 8.42 Å². The summed E-state index contributed by atoms with van der Waals surface area (Å²) in [6, 6.07) is 7.99. The maximum atomic E-state index is 12.4. The lowest BCUT2D eigenvalue weighted by Crippen LogP contribution is -2.15. The fourth-order valence-electron chi connectivity index (χ4n) is 1.66. The lowest BCUT2D eigenvalue weighted by molar-refractivity contribution is 0.601. The third-order valence-electron chi connectivity index (χ3n) is 2.82. The second kappa shape index (κ2) is 6.04. The van der Waals surface area contributed by atoms with Gasteiger partial charge in [-0.15, -0.1) is 0 Å². The molecule has 8 heteroatoms. The number of nitrogens with two attached hydrogens (primary N) is 1. The summed E-state index contributed by atoms with van der Waals surface area (Å²) in [6.07, 6.45) is 0. The Balaban J connectivity index is 2.49. The number of rotatable bonds is 3. The van der Waals surface area contributed by atoms with E-state index in [9.17, 15) is 8.42 Å². The molecular weight excluding hydrogens is 399 g/mol. The molecule has 21 heavy (non-hydrogen) atoms. The van der Waals surface area contributed by atoms with Crippen molar-refractivity contribution in [2.45, 2.75) is 11.8 Å². The van der Waals surface area contributed by atoms with Gasteiger partial charge < -0.3 is 5.73 Å². The molecule has 0 aliphatic rings. The zero-order valence-electron chi connectivity index (χ0n) is 10.8. The Hall–Kier alpha value is -0.950. The van der Waals surface area contributed by atoms with Gasteiger partial charge in [-0.05, 0) is 36.8 Å². The predicted molar refractivity (Wildman–Crippen MR) is 90.6 cm³/mol. The Morgan fingerprint density at radius 2 is 1.86 bits per heavy atom. The van der Waals surface area contributed by atoms with Crippen LogP contribution in [0, 0.1) is 6.92 Å². The van der Waals surface area contributed by atoms with Crippen LogP contribution in [0.5, 0.6) is 0 Å². The highest BCUT2D eigenvalue weighted by molar-refractivity contribution is 9.10. The van der Waals surface area contributed by atoms with Gasteiger partial charge in [0.2, 0.25) is 0 Å². The zero-order valence-corrected chi connectivity index (χ0v) is 14.7. The number of benzene rings is 2. The number of sulfonamides is 1. The molecule has 0 aromatic heterocycles. The lowest BCUT2D eigenvalue weighted by Gasteiger charge is -2.13. The van der Waals surface area contributed by atoms with Gasteiger partial charge in [-0.2, -0.15) is 0 Å². The smallest absolute Gasteiger partial charge is 0.263 e. The van der Waals surface area contributed by atoms with Crippen molar-refractivity contribution in [3.8, 4) is 0 Å². The molecule has 0 aliphatic heterocycles. The maximum absolute atomic E-state index is 12.4. The number of nitrogens with one attached hydrogen (secondary N) is 1. The van der Waals surface area contributed by atoms with Crippen molar-refractivity contribution in [2.24, 2.45) is 0 Å². The second-order valence-corrected chi connectivity index (χ2v) is 7.69. The minimum absolute atomic E-state index is 0.0344. The molecule has 0 spiro atoms. The van der Waals surface area contributed by atoms with E-state index in [2.05, 4.69) is 20.7 Å². The van der Waals surface area contributed by atoms with E-state index in [1.165, 1.54) is 12.1 Å². The van der Waals surface area contributed by atoms with Crippen LogP contribution in [0.1, 0.15) is 5.56 Å². The second-order valence-electron chi connectivity index (χ2n) is 4.34. The van der Waals surface area contributed by atoms with Gasteiger partial charge in [-0.3, -0.25) is 4.72 Å². The summed E-state index contributed by atoms with van der Waals surface area (Å²) in [5.74, 6) is 0. The Labute approximate surface area is 141 Å². The summed E-state index contributed by atoms with van der Waals surface area (Å²) in [7, 11) is -3.86. The minimum Gasteiger partial charge on any atom is -0.396 e. The van der Waals surface area contributed by atoms with E-state index in [0.717, 1.165) is 10.0 Å². The van der Waals surface area contributed by atoms with Crippen LogP contribution in [0.3, 0.4) is 0 Å². The number of hydrogen-bond donors (Lipinski definition) is 2. The van der Waals surface area contributed by atoms with Gasteiger partial charge in [-0.25, -0.2) is 8.42 Å². The highest BCUT2D eigenvalue weighted by atomic mass is 79.9. The van der Waals surface area contributed by atoms with E-state index < -0.39 is 10.0 Å². The summed E-state index contributed by atoms with van der Waals surface area (Å²) in [6.45, 7) is 1.79. The van der Waals surface area contributed by atoms with Crippen molar-refractivity contribution in [3.63, 3.8) is 0 Å². The molecule has 0 heterocycles. The number of hydrogen-bond acceptors (Lipinski definition) is 3. The van der Waals surface area contributed by atoms with Crippen LogP contribution in [-0.2, 0) is 10.0 Å². The lowest BCUT2D eigenvalue weighted by atomic mass is 10.2. The van der Waals surface area contributed by atoms with Crippen molar-refractivity contribution in [2.75, 3.05) is 10.5 Å². The van der Waals surface area contributed by atoms with Crippen LogP contribution in [0.25, 0.3) is 0 Å². The molecule has 0 bridgehead atoms. The molecule has 2 aromatic carbocycles. The van der Waals surface area contributed by atoms with Crippen molar-refractivity contribution in [1.29, 1.82) is 0 Å². The largest absolute Gasteiger partial charge is 0.396 e. The van der Waals surface area contributed by atoms with Crippen LogP contribution < -0.4 is 10.5 Å². The molecule has 0 saturated heterocycles. The SMILES string of the molecule is Cc1ccc(Br)cc1NS(=O)(=O)c1ccc(Cl)c(N)c1Cl. The van der Waals surface area contributed by atoms with Gasteiger partial charge >= 0.3 is 0 Å². The van der Waals surface area contributed by atoms with E-state index in [-0.39, 0.29) is 20.6 Å². The van der Waals surface area contributed by atoms with E-state index >= 15 is 0 Å². The average molecular weight is 410 g/mol. The van der Waals surface area contributed by atoms with Gasteiger partial charge in [0.05, 0.1) is 21.4 Å². The summed E-state index contributed by atoms with van der Waals surface area (Å²) < 4.78 is 28.1. The van der Waals surface area contributed by atoms with Gasteiger partial charge in [0.25, 0.3) is 10.0 Å². The van der Waals surface area contributed by atoms with E-state index in [0.29, 0.717) is 5.69 Å². The molecule has 0 aliphatic carbocycles. The summed E-state index contributed by atoms with van der Waals surface area (Å²) in [5.41, 5.74) is 6.93. The zero-order chi connectivity index (χ0) is 15.8. The molecule has 0 fully saturated rings. The Morgan fingerprint density at radius 1 is 1.19 bits per heavy atom. The first kappa shape index (κ1) is 16.4. The van der Waals surface area contributed by atoms with Crippen LogP contribution in [0.2, 0.25) is 10.0 Å². The molecule has 3 N–H and O–H groups in total. The highest BCUT2D eigenvalue weighted by Crippen LogP contribution is 2.34. The Bertz CT molecular complexity index is 810. The average Bonchev–Trinajstić information content (AvgIpc) is 2.39. The van der Waals surface area contributed by atoms with Crippen LogP contribution in [0.15, 0.2) is 39.7 Å². The monoisotopic (exact) mass is 408 g/mol. The summed E-state index contributed by atoms with van der Waals surface area (Å²) in [4.78, 5) is -0.120. The third-order valence-corrected chi connectivity index (χ3v) is 5.57. The first-order valence-electron chi connectivity index (χ1n) is 5.75. The van der Waals surface area contributed by atoms with Gasteiger partial charge in [0.1, 0.15) is 4.90 Å². The summed E-state index contributed by atoms with van der Waals surface area (Å²) >= 11 is 15.1.